The van der Waals surface area contributed by atoms with Gasteiger partial charge in [-0.05, 0) is 6.42 Å². The Morgan fingerprint density at radius 2 is 1.93 bits per heavy atom. The Morgan fingerprint density at radius 1 is 1.21 bits per heavy atom. The van der Waals surface area contributed by atoms with Gasteiger partial charge in [0.1, 0.15) is 0 Å². The van der Waals surface area contributed by atoms with E-state index in [1.807, 2.05) is 0 Å². The molecule has 0 aliphatic carbocycles. The Hall–Kier alpha value is -0.170. The van der Waals surface area contributed by atoms with Crippen molar-refractivity contribution in [2.24, 2.45) is 0 Å². The number of nitrogens with zero attached hydrogens (tertiary/aromatic N) is 1. The molecule has 0 amide bonds. The van der Waals surface area contributed by atoms with Gasteiger partial charge in [-0.15, -0.1) is 0 Å². The summed E-state index contributed by atoms with van der Waals surface area (Å²) >= 11 is 0. The fraction of sp³-hybridized carbons (Fsp3) is 1.00. The van der Waals surface area contributed by atoms with Crippen molar-refractivity contribution in [2.45, 2.75) is 6.42 Å². The average molecular weight is 223 g/mol. The summed E-state index contributed by atoms with van der Waals surface area (Å²) in [7, 11) is -1.46. The molecule has 1 heterocycles. The summed E-state index contributed by atoms with van der Waals surface area (Å²) in [6, 6.07) is 0. The van der Waals surface area contributed by atoms with Gasteiger partial charge in [0, 0.05) is 20.2 Å². The lowest BCUT2D eigenvalue weighted by Gasteiger charge is -2.29. The van der Waals surface area contributed by atoms with E-state index in [9.17, 15) is 8.42 Å². The minimum atomic E-state index is -3.04. The van der Waals surface area contributed by atoms with E-state index in [4.69, 9.17) is 9.47 Å². The highest BCUT2D eigenvalue weighted by Gasteiger charge is 2.26. The molecule has 5 nitrogen and oxygen atoms in total. The molecule has 1 aliphatic rings. The molecule has 1 fully saturated rings. The van der Waals surface area contributed by atoms with Crippen molar-refractivity contribution in [1.29, 1.82) is 0 Å². The van der Waals surface area contributed by atoms with E-state index in [0.717, 1.165) is 6.42 Å². The first kappa shape index (κ1) is 11.9. The monoisotopic (exact) mass is 223 g/mol. The Balaban J connectivity index is 2.10. The van der Waals surface area contributed by atoms with E-state index in [1.165, 1.54) is 4.31 Å². The van der Waals surface area contributed by atoms with E-state index in [-0.39, 0.29) is 12.4 Å². The van der Waals surface area contributed by atoms with Crippen molar-refractivity contribution in [2.75, 3.05) is 45.8 Å². The molecule has 0 aromatic carbocycles. The van der Waals surface area contributed by atoms with E-state index in [0.29, 0.717) is 26.3 Å². The maximum absolute atomic E-state index is 11.5. The van der Waals surface area contributed by atoms with Gasteiger partial charge in [0.15, 0.2) is 0 Å². The summed E-state index contributed by atoms with van der Waals surface area (Å²) in [6.45, 7) is 2.54. The highest BCUT2D eigenvalue weighted by atomic mass is 32.2. The highest BCUT2D eigenvalue weighted by molar-refractivity contribution is 7.89. The summed E-state index contributed by atoms with van der Waals surface area (Å²) in [4.78, 5) is 0. The van der Waals surface area contributed by atoms with Crippen LogP contribution in [0.2, 0.25) is 0 Å². The maximum Gasteiger partial charge on any atom is 0.216 e. The molecule has 1 rings (SSSR count). The topological polar surface area (TPSA) is 55.8 Å². The second-order valence-corrected chi connectivity index (χ2v) is 5.26. The fourth-order valence-electron chi connectivity index (χ4n) is 1.10. The molecule has 0 atom stereocenters. The smallest absolute Gasteiger partial charge is 0.216 e. The zero-order valence-electron chi connectivity index (χ0n) is 8.44. The van der Waals surface area contributed by atoms with Gasteiger partial charge >= 0.3 is 0 Å². The Bertz CT molecular complexity index is 248. The Labute approximate surface area is 85.0 Å². The van der Waals surface area contributed by atoms with E-state index in [2.05, 4.69) is 0 Å². The predicted octanol–water partition coefficient (Wildman–Crippen LogP) is -0.315. The molecular weight excluding hydrogens is 206 g/mol. The molecule has 0 unspecified atom stereocenters. The van der Waals surface area contributed by atoms with E-state index < -0.39 is 10.0 Å². The van der Waals surface area contributed by atoms with Crippen molar-refractivity contribution < 1.29 is 17.9 Å². The van der Waals surface area contributed by atoms with Crippen molar-refractivity contribution in [3.05, 3.63) is 0 Å². The number of sulfonamides is 1. The van der Waals surface area contributed by atoms with Gasteiger partial charge in [0.05, 0.1) is 25.6 Å². The summed E-state index contributed by atoms with van der Waals surface area (Å²) in [5.41, 5.74) is 0. The first-order chi connectivity index (χ1) is 6.67. The quantitative estimate of drug-likeness (QED) is 0.555. The predicted molar refractivity (Wildman–Crippen MR) is 52.7 cm³/mol. The van der Waals surface area contributed by atoms with Crippen LogP contribution >= 0.6 is 0 Å². The summed E-state index contributed by atoms with van der Waals surface area (Å²) in [5.74, 6) is 0.0801. The van der Waals surface area contributed by atoms with Crippen LogP contribution in [0.25, 0.3) is 0 Å². The molecule has 0 spiro atoms. The van der Waals surface area contributed by atoms with Crippen LogP contribution < -0.4 is 0 Å². The highest BCUT2D eigenvalue weighted by Crippen LogP contribution is 2.12. The van der Waals surface area contributed by atoms with Crippen LogP contribution in [-0.2, 0) is 19.5 Å². The lowest BCUT2D eigenvalue weighted by atomic mass is 10.3. The molecule has 84 valence electrons. The van der Waals surface area contributed by atoms with Crippen LogP contribution in [0.1, 0.15) is 6.42 Å². The van der Waals surface area contributed by atoms with Crippen LogP contribution in [0.5, 0.6) is 0 Å². The molecule has 1 aliphatic heterocycles. The third-order valence-electron chi connectivity index (χ3n) is 2.13. The van der Waals surface area contributed by atoms with Crippen molar-refractivity contribution in [1.82, 2.24) is 4.31 Å². The van der Waals surface area contributed by atoms with Gasteiger partial charge in [0.25, 0.3) is 0 Å². The summed E-state index contributed by atoms with van der Waals surface area (Å²) in [6.07, 6.45) is 0.976. The molecule has 0 N–H and O–H groups in total. The number of hydrogen-bond donors (Lipinski definition) is 0. The third-order valence-corrected chi connectivity index (χ3v) is 3.96. The van der Waals surface area contributed by atoms with Crippen LogP contribution in [-0.4, -0.2) is 58.5 Å². The number of rotatable bonds is 7. The SMILES string of the molecule is COCCOCCS(=O)(=O)N1CCC1. The number of methoxy groups -OCH3 is 1. The van der Waals surface area contributed by atoms with E-state index >= 15 is 0 Å². The molecule has 0 aromatic heterocycles. The molecular formula is C8H17NO4S. The Kier molecular flexibility index (Phi) is 4.80. The van der Waals surface area contributed by atoms with Gasteiger partial charge in [-0.3, -0.25) is 0 Å². The van der Waals surface area contributed by atoms with Crippen LogP contribution in [0, 0.1) is 0 Å². The normalized spacial score (nSPS) is 18.1. The molecule has 0 bridgehead atoms. The van der Waals surface area contributed by atoms with Gasteiger partial charge in [-0.2, -0.15) is 0 Å². The zero-order chi connectivity index (χ0) is 10.4. The van der Waals surface area contributed by atoms with Crippen LogP contribution in [0.4, 0.5) is 0 Å². The average Bonchev–Trinajstić information content (AvgIpc) is 1.99. The van der Waals surface area contributed by atoms with Gasteiger partial charge in [-0.1, -0.05) is 0 Å². The maximum atomic E-state index is 11.5. The molecule has 0 radical (unpaired) electrons. The van der Waals surface area contributed by atoms with Gasteiger partial charge < -0.3 is 9.47 Å². The Morgan fingerprint density at radius 3 is 2.43 bits per heavy atom. The van der Waals surface area contributed by atoms with Crippen molar-refractivity contribution >= 4 is 10.0 Å². The second kappa shape index (κ2) is 5.65. The molecule has 14 heavy (non-hydrogen) atoms. The lowest BCUT2D eigenvalue weighted by Crippen LogP contribution is -2.43. The van der Waals surface area contributed by atoms with Crippen LogP contribution in [0.3, 0.4) is 0 Å². The minimum Gasteiger partial charge on any atom is -0.382 e. The summed E-state index contributed by atoms with van der Waals surface area (Å²) in [5, 5.41) is 0. The second-order valence-electron chi connectivity index (χ2n) is 3.17. The molecule has 1 saturated heterocycles. The zero-order valence-corrected chi connectivity index (χ0v) is 9.25. The first-order valence-corrected chi connectivity index (χ1v) is 6.32. The van der Waals surface area contributed by atoms with Crippen molar-refractivity contribution in [3.8, 4) is 0 Å². The third kappa shape index (κ3) is 3.53. The molecule has 6 heteroatoms. The van der Waals surface area contributed by atoms with Gasteiger partial charge in [0.2, 0.25) is 10.0 Å². The van der Waals surface area contributed by atoms with Crippen molar-refractivity contribution in [3.63, 3.8) is 0 Å². The molecule has 0 saturated carbocycles. The summed E-state index contributed by atoms with van der Waals surface area (Å²) < 4.78 is 34.3. The number of ether oxygens (including phenoxy) is 2. The fourth-order valence-corrected chi connectivity index (χ4v) is 2.50. The number of hydrogen-bond acceptors (Lipinski definition) is 4. The lowest BCUT2D eigenvalue weighted by molar-refractivity contribution is 0.0780. The largest absolute Gasteiger partial charge is 0.382 e. The molecule has 0 aromatic rings. The standard InChI is InChI=1S/C8H17NO4S/c1-12-5-6-13-7-8-14(10,11)9-3-2-4-9/h2-8H2,1H3. The van der Waals surface area contributed by atoms with Crippen LogP contribution in [0.15, 0.2) is 0 Å². The van der Waals surface area contributed by atoms with Gasteiger partial charge in [-0.25, -0.2) is 12.7 Å². The van der Waals surface area contributed by atoms with E-state index in [1.54, 1.807) is 7.11 Å². The minimum absolute atomic E-state index is 0.0801. The first-order valence-electron chi connectivity index (χ1n) is 4.71.